The Bertz CT molecular complexity index is 790. The molecule has 0 spiro atoms. The number of carbonyl (C=O) groups is 2. The van der Waals surface area contributed by atoms with E-state index in [1.165, 1.54) is 5.56 Å². The van der Waals surface area contributed by atoms with Crippen LogP contribution in [0, 0.1) is 0 Å². The first-order chi connectivity index (χ1) is 14.1. The van der Waals surface area contributed by atoms with Gasteiger partial charge in [-0.15, -0.1) is 0 Å². The Morgan fingerprint density at radius 3 is 2.62 bits per heavy atom. The summed E-state index contributed by atoms with van der Waals surface area (Å²) < 4.78 is 1.77. The maximum atomic E-state index is 12.5. The fraction of sp³-hybridized carbons (Fsp3) is 0.500. The molecule has 1 aromatic carbocycles. The lowest BCUT2D eigenvalue weighted by atomic mass is 9.91. The van der Waals surface area contributed by atoms with Gasteiger partial charge in [-0.2, -0.15) is 5.10 Å². The predicted octanol–water partition coefficient (Wildman–Crippen LogP) is 1.81. The van der Waals surface area contributed by atoms with Crippen molar-refractivity contribution in [1.29, 1.82) is 0 Å². The Hall–Kier alpha value is -2.67. The highest BCUT2D eigenvalue weighted by Gasteiger charge is 2.17. The Kier molecular flexibility index (Phi) is 7.81. The van der Waals surface area contributed by atoms with Gasteiger partial charge < -0.3 is 10.6 Å². The first kappa shape index (κ1) is 21.0. The van der Waals surface area contributed by atoms with Gasteiger partial charge in [-0.1, -0.05) is 30.3 Å². The molecule has 1 saturated heterocycles. The Labute approximate surface area is 172 Å². The largest absolute Gasteiger partial charge is 0.356 e. The zero-order valence-corrected chi connectivity index (χ0v) is 17.1. The topological polar surface area (TPSA) is 79.3 Å². The molecule has 0 aliphatic carbocycles. The SMILES string of the molecule is Cn1cc(CN2CCCNC(=O)CCC(c3ccccc3)CCNC(=O)C2)cn1. The van der Waals surface area contributed by atoms with Gasteiger partial charge in [0.2, 0.25) is 11.8 Å². The van der Waals surface area contributed by atoms with Crippen molar-refractivity contribution in [2.75, 3.05) is 26.2 Å². The summed E-state index contributed by atoms with van der Waals surface area (Å²) >= 11 is 0. The molecule has 1 unspecified atom stereocenters. The van der Waals surface area contributed by atoms with Gasteiger partial charge in [-0.25, -0.2) is 0 Å². The molecule has 7 heteroatoms. The minimum Gasteiger partial charge on any atom is -0.356 e. The normalized spacial score (nSPS) is 20.5. The number of amides is 2. The lowest BCUT2D eigenvalue weighted by molar-refractivity contribution is -0.123. The van der Waals surface area contributed by atoms with E-state index in [9.17, 15) is 9.59 Å². The van der Waals surface area contributed by atoms with E-state index in [4.69, 9.17) is 0 Å². The van der Waals surface area contributed by atoms with Crippen molar-refractivity contribution < 1.29 is 9.59 Å². The molecule has 1 atom stereocenters. The summed E-state index contributed by atoms with van der Waals surface area (Å²) in [5.41, 5.74) is 2.30. The predicted molar refractivity (Wildman–Crippen MR) is 112 cm³/mol. The molecule has 2 aromatic rings. The zero-order valence-electron chi connectivity index (χ0n) is 17.1. The van der Waals surface area contributed by atoms with Crippen LogP contribution in [0.1, 0.15) is 42.7 Å². The second-order valence-corrected chi connectivity index (χ2v) is 7.72. The van der Waals surface area contributed by atoms with E-state index in [1.807, 2.05) is 37.6 Å². The molecular formula is C22H31N5O2. The molecule has 2 amide bonds. The highest BCUT2D eigenvalue weighted by Crippen LogP contribution is 2.24. The minimum absolute atomic E-state index is 0.0433. The second-order valence-electron chi connectivity index (χ2n) is 7.72. The summed E-state index contributed by atoms with van der Waals surface area (Å²) in [6.07, 6.45) is 6.73. The average Bonchev–Trinajstić information content (AvgIpc) is 3.12. The van der Waals surface area contributed by atoms with Crippen LogP contribution in [0.4, 0.5) is 0 Å². The number of aryl methyl sites for hydroxylation is 1. The van der Waals surface area contributed by atoms with Crippen LogP contribution >= 0.6 is 0 Å². The van der Waals surface area contributed by atoms with E-state index >= 15 is 0 Å². The monoisotopic (exact) mass is 397 g/mol. The smallest absolute Gasteiger partial charge is 0.234 e. The van der Waals surface area contributed by atoms with Crippen molar-refractivity contribution in [2.45, 2.75) is 38.1 Å². The fourth-order valence-electron chi connectivity index (χ4n) is 3.80. The summed E-state index contributed by atoms with van der Waals surface area (Å²) in [6, 6.07) is 10.2. The molecule has 3 rings (SSSR count). The number of hydrogen-bond donors (Lipinski definition) is 2. The maximum Gasteiger partial charge on any atom is 0.234 e. The standard InChI is InChI=1S/C22H31N5O2/c1-26-15-18(14-25-26)16-27-13-5-11-23-21(28)9-8-20(10-12-24-22(29)17-27)19-6-3-2-4-7-19/h2-4,6-7,14-15,20H,5,8-13,16-17H2,1H3,(H,23,28)(H,24,29). The molecular weight excluding hydrogens is 366 g/mol. The van der Waals surface area contributed by atoms with Crippen LogP contribution in [0.2, 0.25) is 0 Å². The summed E-state index contributed by atoms with van der Waals surface area (Å²) in [5, 5.41) is 10.3. The molecule has 156 valence electrons. The quantitative estimate of drug-likeness (QED) is 0.828. The van der Waals surface area contributed by atoms with E-state index in [2.05, 4.69) is 32.8 Å². The molecule has 1 aliphatic heterocycles. The molecule has 29 heavy (non-hydrogen) atoms. The summed E-state index contributed by atoms with van der Waals surface area (Å²) in [6.45, 7) is 3.00. The van der Waals surface area contributed by atoms with E-state index in [0.717, 1.165) is 31.4 Å². The highest BCUT2D eigenvalue weighted by molar-refractivity contribution is 5.78. The zero-order chi connectivity index (χ0) is 20.5. The maximum absolute atomic E-state index is 12.5. The van der Waals surface area contributed by atoms with E-state index in [-0.39, 0.29) is 17.7 Å². The van der Waals surface area contributed by atoms with Gasteiger partial charge in [0.1, 0.15) is 0 Å². The Morgan fingerprint density at radius 2 is 1.86 bits per heavy atom. The van der Waals surface area contributed by atoms with Crippen LogP contribution in [0.3, 0.4) is 0 Å². The van der Waals surface area contributed by atoms with Gasteiger partial charge in [-0.3, -0.25) is 19.2 Å². The van der Waals surface area contributed by atoms with Crippen LogP contribution in [0.25, 0.3) is 0 Å². The van der Waals surface area contributed by atoms with E-state index in [1.54, 1.807) is 4.68 Å². The van der Waals surface area contributed by atoms with Gasteiger partial charge >= 0.3 is 0 Å². The van der Waals surface area contributed by atoms with Gasteiger partial charge in [0.25, 0.3) is 0 Å². The minimum atomic E-state index is 0.0433. The summed E-state index contributed by atoms with van der Waals surface area (Å²) in [7, 11) is 1.89. The number of aromatic nitrogens is 2. The number of nitrogens with zero attached hydrogens (tertiary/aromatic N) is 3. The van der Waals surface area contributed by atoms with Crippen molar-refractivity contribution in [3.63, 3.8) is 0 Å². The van der Waals surface area contributed by atoms with Crippen LogP contribution < -0.4 is 10.6 Å². The van der Waals surface area contributed by atoms with Crippen LogP contribution in [-0.2, 0) is 23.2 Å². The third-order valence-corrected chi connectivity index (χ3v) is 5.31. The van der Waals surface area contributed by atoms with Crippen molar-refractivity contribution >= 4 is 11.8 Å². The highest BCUT2D eigenvalue weighted by atomic mass is 16.2. The number of hydrogen-bond acceptors (Lipinski definition) is 4. The number of nitrogens with one attached hydrogen (secondary N) is 2. The van der Waals surface area contributed by atoms with Crippen molar-refractivity contribution in [1.82, 2.24) is 25.3 Å². The molecule has 0 saturated carbocycles. The van der Waals surface area contributed by atoms with Gasteiger partial charge in [0, 0.05) is 51.4 Å². The average molecular weight is 398 g/mol. The lowest BCUT2D eigenvalue weighted by Crippen LogP contribution is -2.39. The van der Waals surface area contributed by atoms with Crippen LogP contribution in [0.5, 0.6) is 0 Å². The molecule has 2 heterocycles. The third kappa shape index (κ3) is 7.02. The van der Waals surface area contributed by atoms with Crippen LogP contribution in [-0.4, -0.2) is 52.7 Å². The van der Waals surface area contributed by atoms with Crippen LogP contribution in [0.15, 0.2) is 42.7 Å². The van der Waals surface area contributed by atoms with Gasteiger partial charge in [0.15, 0.2) is 0 Å². The Morgan fingerprint density at radius 1 is 1.07 bits per heavy atom. The molecule has 2 N–H and O–H groups in total. The number of benzene rings is 1. The molecule has 7 nitrogen and oxygen atoms in total. The number of carbonyl (C=O) groups excluding carboxylic acids is 2. The van der Waals surface area contributed by atoms with Gasteiger partial charge in [-0.05, 0) is 30.7 Å². The van der Waals surface area contributed by atoms with E-state index < -0.39 is 0 Å². The molecule has 0 bridgehead atoms. The van der Waals surface area contributed by atoms with E-state index in [0.29, 0.717) is 32.6 Å². The third-order valence-electron chi connectivity index (χ3n) is 5.31. The summed E-state index contributed by atoms with van der Waals surface area (Å²) in [4.78, 5) is 26.9. The Balaban J connectivity index is 1.63. The van der Waals surface area contributed by atoms with Crippen molar-refractivity contribution in [2.24, 2.45) is 7.05 Å². The first-order valence-electron chi connectivity index (χ1n) is 10.4. The molecule has 1 fully saturated rings. The first-order valence-corrected chi connectivity index (χ1v) is 10.4. The van der Waals surface area contributed by atoms with Crippen molar-refractivity contribution in [3.05, 3.63) is 53.9 Å². The molecule has 1 aliphatic rings. The summed E-state index contributed by atoms with van der Waals surface area (Å²) in [5.74, 6) is 0.407. The molecule has 0 radical (unpaired) electrons. The van der Waals surface area contributed by atoms with Crippen molar-refractivity contribution in [3.8, 4) is 0 Å². The fourth-order valence-corrected chi connectivity index (χ4v) is 3.80. The second kappa shape index (κ2) is 10.8. The lowest BCUT2D eigenvalue weighted by Gasteiger charge is -2.23. The van der Waals surface area contributed by atoms with Gasteiger partial charge in [0.05, 0.1) is 12.7 Å². The molecule has 1 aromatic heterocycles. The number of rotatable bonds is 3.